The highest BCUT2D eigenvalue weighted by molar-refractivity contribution is 7.93. The molecule has 0 amide bonds. The van der Waals surface area contributed by atoms with E-state index in [9.17, 15) is 8.42 Å². The molecule has 1 aliphatic heterocycles. The number of aryl methyl sites for hydroxylation is 1. The van der Waals surface area contributed by atoms with E-state index in [0.29, 0.717) is 19.7 Å². The number of hydrogen-bond acceptors (Lipinski definition) is 4. The highest BCUT2D eigenvalue weighted by Gasteiger charge is 2.40. The molecule has 1 heterocycles. The summed E-state index contributed by atoms with van der Waals surface area (Å²) in [7, 11) is -4.72. The monoisotopic (exact) mass is 487 g/mol. The molecular formula is C21H38N3O4PSSi. The molecule has 0 atom stereocenters. The highest BCUT2D eigenvalue weighted by Crippen LogP contribution is 2.60. The zero-order valence-electron chi connectivity index (χ0n) is 20.1. The van der Waals surface area contributed by atoms with E-state index in [1.807, 2.05) is 42.5 Å². The SMILES string of the molecule is Cc1ccc(S(=O)(=O)N=P2(OC/C=C\CO[Si](C)(C)C(C)(C)C)N(C)CCN2C)cc1. The van der Waals surface area contributed by atoms with Crippen LogP contribution in [0.25, 0.3) is 0 Å². The Morgan fingerprint density at radius 3 is 2.10 bits per heavy atom. The number of nitrogens with zero attached hydrogens (tertiary/aromatic N) is 3. The molecule has 1 saturated heterocycles. The third-order valence-electron chi connectivity index (χ3n) is 6.03. The van der Waals surface area contributed by atoms with Crippen molar-refractivity contribution in [3.8, 4) is 0 Å². The van der Waals surface area contributed by atoms with Crippen LogP contribution in [0, 0.1) is 6.92 Å². The standard InChI is InChI=1S/C21H38N3O4PSSi/c1-19-11-13-20(14-12-19)30(25,26)22-29(23(5)15-16-24(29)6)27-17-9-10-18-28-31(7,8)21(2,3)4/h9-14H,15-18H2,1-8H3/b10-9-. The van der Waals surface area contributed by atoms with E-state index < -0.39 is 25.9 Å². The number of rotatable bonds is 8. The van der Waals surface area contributed by atoms with Gasteiger partial charge in [-0.2, -0.15) is 8.42 Å². The van der Waals surface area contributed by atoms with E-state index in [-0.39, 0.29) is 16.5 Å². The van der Waals surface area contributed by atoms with Crippen molar-refractivity contribution in [3.05, 3.63) is 42.0 Å². The van der Waals surface area contributed by atoms with Crippen LogP contribution in [0.1, 0.15) is 26.3 Å². The molecule has 1 aliphatic rings. The van der Waals surface area contributed by atoms with Crippen molar-refractivity contribution in [1.29, 1.82) is 0 Å². The van der Waals surface area contributed by atoms with Crippen molar-refractivity contribution in [3.63, 3.8) is 0 Å². The van der Waals surface area contributed by atoms with Gasteiger partial charge < -0.3 is 8.95 Å². The van der Waals surface area contributed by atoms with Crippen LogP contribution in [0.4, 0.5) is 0 Å². The number of sulfonamides is 1. The van der Waals surface area contributed by atoms with Crippen molar-refractivity contribution in [2.75, 3.05) is 40.4 Å². The zero-order valence-corrected chi connectivity index (χ0v) is 22.8. The fourth-order valence-electron chi connectivity index (χ4n) is 2.81. The average Bonchev–Trinajstić information content (AvgIpc) is 2.92. The van der Waals surface area contributed by atoms with Crippen LogP contribution < -0.4 is 0 Å². The Hall–Kier alpha value is -0.803. The van der Waals surface area contributed by atoms with Gasteiger partial charge in [0, 0.05) is 13.1 Å². The summed E-state index contributed by atoms with van der Waals surface area (Å²) in [6.07, 6.45) is 3.84. The lowest BCUT2D eigenvalue weighted by Gasteiger charge is -2.35. The molecule has 0 bridgehead atoms. The maximum atomic E-state index is 13.0. The topological polar surface area (TPSA) is 71.4 Å². The van der Waals surface area contributed by atoms with Gasteiger partial charge in [0.1, 0.15) is 0 Å². The quantitative estimate of drug-likeness (QED) is 0.289. The normalized spacial score (nSPS) is 18.7. The lowest BCUT2D eigenvalue weighted by molar-refractivity contribution is 0.321. The Bertz CT molecular complexity index is 926. The summed E-state index contributed by atoms with van der Waals surface area (Å²) in [6.45, 7) is 15.2. The summed E-state index contributed by atoms with van der Waals surface area (Å²) in [5, 5.41) is 0.158. The number of hydrogen-bond donors (Lipinski definition) is 0. The molecule has 0 aromatic heterocycles. The Morgan fingerprint density at radius 2 is 1.58 bits per heavy atom. The molecule has 7 nitrogen and oxygen atoms in total. The summed E-state index contributed by atoms with van der Waals surface area (Å²) in [5.41, 5.74) is 1.000. The van der Waals surface area contributed by atoms with Gasteiger partial charge >= 0.3 is 0 Å². The second kappa shape index (κ2) is 9.99. The molecule has 176 valence electrons. The molecule has 1 aromatic carbocycles. The lowest BCUT2D eigenvalue weighted by Crippen LogP contribution is -2.40. The molecule has 10 heteroatoms. The largest absolute Gasteiger partial charge is 0.413 e. The average molecular weight is 488 g/mol. The minimum Gasteiger partial charge on any atom is -0.413 e. The maximum Gasteiger partial charge on any atom is 0.285 e. The third kappa shape index (κ3) is 6.38. The fourth-order valence-corrected chi connectivity index (χ4v) is 8.82. The van der Waals surface area contributed by atoms with Crippen LogP contribution in [0.15, 0.2) is 45.5 Å². The van der Waals surface area contributed by atoms with Gasteiger partial charge in [-0.05, 0) is 51.3 Å². The Morgan fingerprint density at radius 1 is 1.06 bits per heavy atom. The molecule has 31 heavy (non-hydrogen) atoms. The molecule has 0 N–H and O–H groups in total. The second-order valence-corrected chi connectivity index (χ2v) is 19.0. The van der Waals surface area contributed by atoms with Crippen LogP contribution in [0.2, 0.25) is 18.1 Å². The summed E-state index contributed by atoms with van der Waals surface area (Å²) in [6, 6.07) is 6.75. The molecule has 0 saturated carbocycles. The van der Waals surface area contributed by atoms with E-state index in [2.05, 4.69) is 38.0 Å². The van der Waals surface area contributed by atoms with Gasteiger partial charge in [0.25, 0.3) is 10.0 Å². The van der Waals surface area contributed by atoms with Crippen molar-refractivity contribution < 1.29 is 17.4 Å². The first-order valence-electron chi connectivity index (χ1n) is 10.5. The fraction of sp³-hybridized carbons (Fsp3) is 0.619. The number of likely N-dealkylation sites (N-methyl/N-ethyl adjacent to an activating group) is 2. The maximum absolute atomic E-state index is 13.0. The molecule has 0 aliphatic carbocycles. The van der Waals surface area contributed by atoms with Crippen LogP contribution in [-0.2, 0) is 19.0 Å². The van der Waals surface area contributed by atoms with E-state index >= 15 is 0 Å². The smallest absolute Gasteiger partial charge is 0.285 e. The molecule has 0 spiro atoms. The molecule has 0 radical (unpaired) electrons. The van der Waals surface area contributed by atoms with Gasteiger partial charge in [0.05, 0.1) is 18.1 Å². The Kier molecular flexibility index (Phi) is 8.53. The van der Waals surface area contributed by atoms with Crippen LogP contribution in [0.3, 0.4) is 0 Å². The molecule has 1 aromatic rings. The molecular weight excluding hydrogens is 449 g/mol. The minimum atomic E-state index is -3.84. The summed E-state index contributed by atoms with van der Waals surface area (Å²) in [5.74, 6) is 0. The van der Waals surface area contributed by atoms with E-state index in [1.165, 1.54) is 0 Å². The highest BCUT2D eigenvalue weighted by atomic mass is 32.2. The van der Waals surface area contributed by atoms with Crippen LogP contribution in [-0.4, -0.2) is 66.5 Å². The van der Waals surface area contributed by atoms with Gasteiger partial charge in [-0.25, -0.2) is 9.34 Å². The van der Waals surface area contributed by atoms with E-state index in [0.717, 1.165) is 5.56 Å². The summed E-state index contributed by atoms with van der Waals surface area (Å²) in [4.78, 5) is 0.188. The lowest BCUT2D eigenvalue weighted by atomic mass is 10.2. The van der Waals surface area contributed by atoms with Crippen molar-refractivity contribution in [2.24, 2.45) is 4.15 Å². The van der Waals surface area contributed by atoms with Crippen molar-refractivity contribution >= 4 is 25.9 Å². The summed E-state index contributed by atoms with van der Waals surface area (Å²) >= 11 is 0. The predicted molar refractivity (Wildman–Crippen MR) is 131 cm³/mol. The van der Waals surface area contributed by atoms with Crippen molar-refractivity contribution in [1.82, 2.24) is 9.34 Å². The summed E-state index contributed by atoms with van der Waals surface area (Å²) < 4.78 is 46.6. The third-order valence-corrected chi connectivity index (χ3v) is 15.8. The van der Waals surface area contributed by atoms with E-state index in [4.69, 9.17) is 8.95 Å². The minimum absolute atomic E-state index is 0.158. The molecule has 1 fully saturated rings. The first kappa shape index (κ1) is 26.4. The van der Waals surface area contributed by atoms with E-state index in [1.54, 1.807) is 24.3 Å². The van der Waals surface area contributed by atoms with Gasteiger partial charge in [-0.15, -0.1) is 4.15 Å². The Balaban J connectivity index is 2.17. The first-order chi connectivity index (χ1) is 14.2. The zero-order chi connectivity index (χ0) is 23.5. The molecule has 0 unspecified atom stereocenters. The van der Waals surface area contributed by atoms with Gasteiger partial charge in [0.15, 0.2) is 8.32 Å². The van der Waals surface area contributed by atoms with Crippen molar-refractivity contribution in [2.45, 2.75) is 50.7 Å². The van der Waals surface area contributed by atoms with Crippen LogP contribution >= 0.6 is 7.58 Å². The molecule has 2 rings (SSSR count). The predicted octanol–water partition coefficient (Wildman–Crippen LogP) is 5.10. The van der Waals surface area contributed by atoms with Gasteiger partial charge in [0.2, 0.25) is 7.58 Å². The van der Waals surface area contributed by atoms with Gasteiger partial charge in [-0.1, -0.05) is 50.6 Å². The Labute approximate surface area is 189 Å². The first-order valence-corrected chi connectivity index (χ1v) is 16.4. The van der Waals surface area contributed by atoms with Crippen LogP contribution in [0.5, 0.6) is 0 Å². The van der Waals surface area contributed by atoms with Gasteiger partial charge in [-0.3, -0.25) is 0 Å². The number of benzene rings is 1. The second-order valence-electron chi connectivity index (χ2n) is 9.48.